The van der Waals surface area contributed by atoms with Gasteiger partial charge in [0.2, 0.25) is 0 Å². The van der Waals surface area contributed by atoms with Crippen molar-refractivity contribution < 1.29 is 0 Å². The van der Waals surface area contributed by atoms with E-state index in [1.165, 1.54) is 24.1 Å². The van der Waals surface area contributed by atoms with Gasteiger partial charge in [0.1, 0.15) is 0 Å². The molecule has 13 heavy (non-hydrogen) atoms. The Bertz CT molecular complexity index is 284. The van der Waals surface area contributed by atoms with Crippen molar-refractivity contribution in [3.63, 3.8) is 0 Å². The van der Waals surface area contributed by atoms with E-state index in [4.69, 9.17) is 0 Å². The van der Waals surface area contributed by atoms with Gasteiger partial charge in [0.25, 0.3) is 0 Å². The van der Waals surface area contributed by atoms with Crippen molar-refractivity contribution in [1.29, 1.82) is 0 Å². The van der Waals surface area contributed by atoms with Crippen LogP contribution in [0, 0.1) is 13.8 Å². The molecule has 1 aliphatic rings. The zero-order valence-electron chi connectivity index (χ0n) is 8.38. The first kappa shape index (κ1) is 8.75. The molecule has 1 N–H and O–H groups in total. The molecular weight excluding hydrogens is 162 g/mol. The minimum absolute atomic E-state index is 0.572. The van der Waals surface area contributed by atoms with E-state index < -0.39 is 0 Å². The maximum Gasteiger partial charge on any atom is 0.0647 e. The highest BCUT2D eigenvalue weighted by Gasteiger charge is 2.17. The second kappa shape index (κ2) is 3.50. The van der Waals surface area contributed by atoms with Crippen molar-refractivity contribution in [2.75, 3.05) is 13.1 Å². The van der Waals surface area contributed by atoms with Gasteiger partial charge < -0.3 is 5.32 Å². The van der Waals surface area contributed by atoms with E-state index in [0.717, 1.165) is 13.1 Å². The summed E-state index contributed by atoms with van der Waals surface area (Å²) in [7, 11) is 0. The molecule has 1 unspecified atom stereocenters. The molecule has 72 valence electrons. The highest BCUT2D eigenvalue weighted by atomic mass is 15.3. The molecule has 1 aromatic heterocycles. The Balaban J connectivity index is 2.18. The van der Waals surface area contributed by atoms with E-state index >= 15 is 0 Å². The molecule has 0 amide bonds. The third kappa shape index (κ3) is 1.61. The number of rotatable bonds is 1. The third-order valence-electron chi connectivity index (χ3n) is 2.91. The number of hydrogen-bond donors (Lipinski definition) is 1. The summed E-state index contributed by atoms with van der Waals surface area (Å²) in [5, 5.41) is 7.82. The molecule has 0 spiro atoms. The minimum atomic E-state index is 0.572. The summed E-state index contributed by atoms with van der Waals surface area (Å²) in [6.07, 6.45) is 4.49. The van der Waals surface area contributed by atoms with E-state index in [-0.39, 0.29) is 0 Å². The molecule has 0 aliphatic carbocycles. The molecule has 1 fully saturated rings. The zero-order chi connectivity index (χ0) is 9.26. The van der Waals surface area contributed by atoms with Gasteiger partial charge in [-0.3, -0.25) is 4.68 Å². The molecule has 1 atom stereocenters. The van der Waals surface area contributed by atoms with Gasteiger partial charge in [-0.15, -0.1) is 0 Å². The van der Waals surface area contributed by atoms with Crippen molar-refractivity contribution in [3.05, 3.63) is 17.5 Å². The van der Waals surface area contributed by atoms with E-state index in [9.17, 15) is 0 Å². The SMILES string of the molecule is Cc1cnn(C2CCCNC2)c1C. The highest BCUT2D eigenvalue weighted by Crippen LogP contribution is 2.18. The molecule has 0 radical (unpaired) electrons. The summed E-state index contributed by atoms with van der Waals surface area (Å²) in [5.41, 5.74) is 2.61. The number of hydrogen-bond acceptors (Lipinski definition) is 2. The van der Waals surface area contributed by atoms with Crippen molar-refractivity contribution >= 4 is 0 Å². The largest absolute Gasteiger partial charge is 0.315 e. The Morgan fingerprint density at radius 2 is 2.38 bits per heavy atom. The Morgan fingerprint density at radius 3 is 2.92 bits per heavy atom. The van der Waals surface area contributed by atoms with Crippen LogP contribution in [0.4, 0.5) is 0 Å². The quantitative estimate of drug-likeness (QED) is 0.706. The maximum absolute atomic E-state index is 4.42. The van der Waals surface area contributed by atoms with Crippen molar-refractivity contribution in [2.24, 2.45) is 0 Å². The molecule has 3 heteroatoms. The van der Waals surface area contributed by atoms with Crippen LogP contribution in [0.2, 0.25) is 0 Å². The third-order valence-corrected chi connectivity index (χ3v) is 2.91. The topological polar surface area (TPSA) is 29.9 Å². The van der Waals surface area contributed by atoms with Crippen molar-refractivity contribution in [1.82, 2.24) is 15.1 Å². The average Bonchev–Trinajstić information content (AvgIpc) is 2.49. The fourth-order valence-electron chi connectivity index (χ4n) is 1.92. The summed E-state index contributed by atoms with van der Waals surface area (Å²) < 4.78 is 2.17. The molecule has 0 bridgehead atoms. The fourth-order valence-corrected chi connectivity index (χ4v) is 1.92. The Morgan fingerprint density at radius 1 is 1.54 bits per heavy atom. The lowest BCUT2D eigenvalue weighted by molar-refractivity contribution is 0.342. The van der Waals surface area contributed by atoms with E-state index in [1.807, 2.05) is 6.20 Å². The van der Waals surface area contributed by atoms with Crippen molar-refractivity contribution in [2.45, 2.75) is 32.7 Å². The normalized spacial score (nSPS) is 23.4. The van der Waals surface area contributed by atoms with Gasteiger partial charge in [0, 0.05) is 12.2 Å². The van der Waals surface area contributed by atoms with Crippen LogP contribution in [0.15, 0.2) is 6.20 Å². The van der Waals surface area contributed by atoms with Gasteiger partial charge >= 0.3 is 0 Å². The first-order chi connectivity index (χ1) is 6.29. The van der Waals surface area contributed by atoms with Gasteiger partial charge in [-0.1, -0.05) is 0 Å². The van der Waals surface area contributed by atoms with E-state index in [2.05, 4.69) is 28.9 Å². The van der Waals surface area contributed by atoms with Gasteiger partial charge in [0.15, 0.2) is 0 Å². The molecule has 0 saturated carbocycles. The smallest absolute Gasteiger partial charge is 0.0647 e. The minimum Gasteiger partial charge on any atom is -0.315 e. The summed E-state index contributed by atoms with van der Waals surface area (Å²) in [6, 6.07) is 0.572. The predicted octanol–water partition coefficient (Wildman–Crippen LogP) is 1.42. The monoisotopic (exact) mass is 179 g/mol. The van der Waals surface area contributed by atoms with Gasteiger partial charge in [0.05, 0.1) is 12.2 Å². The van der Waals surface area contributed by atoms with E-state index in [0.29, 0.717) is 6.04 Å². The lowest BCUT2D eigenvalue weighted by Gasteiger charge is -2.24. The fraction of sp³-hybridized carbons (Fsp3) is 0.700. The molecular formula is C10H17N3. The van der Waals surface area contributed by atoms with Crippen LogP contribution in [0.5, 0.6) is 0 Å². The Hall–Kier alpha value is -0.830. The molecule has 1 aromatic rings. The predicted molar refractivity (Wildman–Crippen MR) is 52.8 cm³/mol. The molecule has 2 rings (SSSR count). The summed E-state index contributed by atoms with van der Waals surface area (Å²) in [5.74, 6) is 0. The van der Waals surface area contributed by atoms with Crippen molar-refractivity contribution in [3.8, 4) is 0 Å². The second-order valence-corrected chi connectivity index (χ2v) is 3.86. The number of aryl methyl sites for hydroxylation is 1. The summed E-state index contributed by atoms with van der Waals surface area (Å²) >= 11 is 0. The number of piperidine rings is 1. The van der Waals surface area contributed by atoms with Crippen LogP contribution in [-0.4, -0.2) is 22.9 Å². The summed E-state index contributed by atoms with van der Waals surface area (Å²) in [6.45, 7) is 6.50. The van der Waals surface area contributed by atoms with Gasteiger partial charge in [-0.2, -0.15) is 5.10 Å². The first-order valence-electron chi connectivity index (χ1n) is 5.00. The molecule has 3 nitrogen and oxygen atoms in total. The zero-order valence-corrected chi connectivity index (χ0v) is 8.38. The number of nitrogens with zero attached hydrogens (tertiary/aromatic N) is 2. The van der Waals surface area contributed by atoms with Crippen LogP contribution >= 0.6 is 0 Å². The van der Waals surface area contributed by atoms with Crippen LogP contribution in [0.3, 0.4) is 0 Å². The lowest BCUT2D eigenvalue weighted by Crippen LogP contribution is -2.32. The second-order valence-electron chi connectivity index (χ2n) is 3.86. The van der Waals surface area contributed by atoms with Crippen LogP contribution in [0.1, 0.15) is 30.1 Å². The Kier molecular flexibility index (Phi) is 2.36. The maximum atomic E-state index is 4.42. The first-order valence-corrected chi connectivity index (χ1v) is 5.00. The molecule has 2 heterocycles. The van der Waals surface area contributed by atoms with Gasteiger partial charge in [-0.05, 0) is 38.8 Å². The standard InChI is InChI=1S/C10H17N3/c1-8-6-12-13(9(8)2)10-4-3-5-11-7-10/h6,10-11H,3-5,7H2,1-2H3. The molecule has 0 aromatic carbocycles. The van der Waals surface area contributed by atoms with E-state index in [1.54, 1.807) is 0 Å². The summed E-state index contributed by atoms with van der Waals surface area (Å²) in [4.78, 5) is 0. The molecule has 1 aliphatic heterocycles. The van der Waals surface area contributed by atoms with Crippen LogP contribution < -0.4 is 5.32 Å². The Labute approximate surface area is 79.1 Å². The number of nitrogens with one attached hydrogen (secondary N) is 1. The average molecular weight is 179 g/mol. The lowest BCUT2D eigenvalue weighted by atomic mass is 10.1. The molecule has 1 saturated heterocycles. The van der Waals surface area contributed by atoms with Crippen LogP contribution in [-0.2, 0) is 0 Å². The number of aromatic nitrogens is 2. The highest BCUT2D eigenvalue weighted by molar-refractivity contribution is 5.14. The van der Waals surface area contributed by atoms with Crippen LogP contribution in [0.25, 0.3) is 0 Å². The van der Waals surface area contributed by atoms with Gasteiger partial charge in [-0.25, -0.2) is 0 Å².